The molecule has 1 aliphatic heterocycles. The number of anilines is 1. The first-order valence-corrected chi connectivity index (χ1v) is 15.0. The number of benzene rings is 2. The van der Waals surface area contributed by atoms with Crippen LogP contribution in [-0.4, -0.2) is 67.6 Å². The summed E-state index contributed by atoms with van der Waals surface area (Å²) >= 11 is 0. The highest BCUT2D eigenvalue weighted by atomic mass is 19.1. The Kier molecular flexibility index (Phi) is 8.84. The van der Waals surface area contributed by atoms with Gasteiger partial charge in [-0.05, 0) is 82.0 Å². The van der Waals surface area contributed by atoms with Crippen molar-refractivity contribution in [2.24, 2.45) is 10.9 Å². The zero-order chi connectivity index (χ0) is 32.5. The van der Waals surface area contributed by atoms with Crippen LogP contribution < -0.4 is 25.8 Å². The Labute approximate surface area is 262 Å². The van der Waals surface area contributed by atoms with E-state index in [-0.39, 0.29) is 42.6 Å². The van der Waals surface area contributed by atoms with Crippen molar-refractivity contribution in [2.45, 2.75) is 50.5 Å². The minimum absolute atomic E-state index is 0.0675. The van der Waals surface area contributed by atoms with Crippen LogP contribution in [0.1, 0.15) is 66.7 Å². The van der Waals surface area contributed by atoms with Crippen LogP contribution in [0.4, 0.5) is 10.1 Å². The lowest BCUT2D eigenvalue weighted by Crippen LogP contribution is -2.48. The molecule has 45 heavy (non-hydrogen) atoms. The molecule has 2 amide bonds. The van der Waals surface area contributed by atoms with Crippen molar-refractivity contribution in [1.29, 1.82) is 0 Å². The van der Waals surface area contributed by atoms with Crippen LogP contribution in [0.5, 0.6) is 11.5 Å². The number of hydrogen-bond acceptors (Lipinski definition) is 8. The number of nitrogens with one attached hydrogen (secondary N) is 2. The molecule has 0 bridgehead atoms. The monoisotopic (exact) mass is 617 g/mol. The number of hydrogen-bond donors (Lipinski definition) is 4. The highest BCUT2D eigenvalue weighted by Gasteiger charge is 2.46. The van der Waals surface area contributed by atoms with Gasteiger partial charge in [-0.2, -0.15) is 0 Å². The van der Waals surface area contributed by atoms with Gasteiger partial charge in [0.25, 0.3) is 5.91 Å². The van der Waals surface area contributed by atoms with Gasteiger partial charge in [0.1, 0.15) is 35.0 Å². The third kappa shape index (κ3) is 6.78. The molecule has 0 saturated heterocycles. The number of rotatable bonds is 11. The summed E-state index contributed by atoms with van der Waals surface area (Å²) < 4.78 is 25.4. The lowest BCUT2D eigenvalue weighted by atomic mass is 9.81. The second-order valence-corrected chi connectivity index (χ2v) is 12.6. The fourth-order valence-electron chi connectivity index (χ4n) is 5.59. The normalized spacial score (nSPS) is 18.3. The number of pyridine rings is 1. The van der Waals surface area contributed by atoms with Crippen LogP contribution in [0.3, 0.4) is 0 Å². The summed E-state index contributed by atoms with van der Waals surface area (Å²) in [5.41, 5.74) is 7.86. The standard InChI is InChI=1S/C34H40FN5O5/c1-33(2,43)17-39-32(42)34(3)18-45-30-25(34)14-26(40-29(30)20-8-10-23(35)11-9-20)24(19-6-7-19)16-38-31(41)21-12-22(15-37-4)28(36)27(13-21)44-5/h8-15,19,24,43H,6-7,16-18,36H2,1-5H3,(H,38,41)(H,39,42)/t24-,34-/m0/s1. The molecule has 10 nitrogen and oxygen atoms in total. The van der Waals surface area contributed by atoms with E-state index in [1.165, 1.54) is 19.2 Å². The molecule has 1 fully saturated rings. The van der Waals surface area contributed by atoms with Gasteiger partial charge in [-0.25, -0.2) is 9.37 Å². The Bertz CT molecular complexity index is 1630. The van der Waals surface area contributed by atoms with Crippen molar-refractivity contribution in [2.75, 3.05) is 39.6 Å². The van der Waals surface area contributed by atoms with Gasteiger partial charge in [0.15, 0.2) is 0 Å². The Balaban J connectivity index is 1.51. The lowest BCUT2D eigenvalue weighted by molar-refractivity contribution is -0.127. The van der Waals surface area contributed by atoms with Crippen molar-refractivity contribution in [3.05, 3.63) is 70.7 Å². The van der Waals surface area contributed by atoms with E-state index >= 15 is 0 Å². The number of nitrogen functional groups attached to an aromatic ring is 1. The third-order valence-electron chi connectivity index (χ3n) is 8.37. The third-order valence-corrected chi connectivity index (χ3v) is 8.37. The van der Waals surface area contributed by atoms with Crippen LogP contribution >= 0.6 is 0 Å². The molecule has 0 spiro atoms. The molecule has 2 aromatic carbocycles. The van der Waals surface area contributed by atoms with E-state index in [4.69, 9.17) is 20.2 Å². The van der Waals surface area contributed by atoms with Crippen molar-refractivity contribution < 1.29 is 28.6 Å². The summed E-state index contributed by atoms with van der Waals surface area (Å²) in [5.74, 6) is -0.0103. The quantitative estimate of drug-likeness (QED) is 0.188. The minimum atomic E-state index is -1.09. The summed E-state index contributed by atoms with van der Waals surface area (Å²) in [6, 6.07) is 11.1. The molecule has 5 N–H and O–H groups in total. The molecule has 0 unspecified atom stereocenters. The zero-order valence-corrected chi connectivity index (χ0v) is 26.2. The summed E-state index contributed by atoms with van der Waals surface area (Å²) in [4.78, 5) is 36.0. The van der Waals surface area contributed by atoms with E-state index in [2.05, 4.69) is 15.6 Å². The molecule has 2 atom stereocenters. The first-order valence-electron chi connectivity index (χ1n) is 15.0. The van der Waals surface area contributed by atoms with Crippen LogP contribution in [0.15, 0.2) is 47.5 Å². The van der Waals surface area contributed by atoms with E-state index in [1.54, 1.807) is 58.3 Å². The molecular weight excluding hydrogens is 577 g/mol. The van der Waals surface area contributed by atoms with E-state index in [1.807, 2.05) is 6.07 Å². The van der Waals surface area contributed by atoms with E-state index < -0.39 is 11.0 Å². The number of ether oxygens (including phenoxy) is 2. The van der Waals surface area contributed by atoms with Crippen LogP contribution in [0.25, 0.3) is 11.3 Å². The number of methoxy groups -OCH3 is 1. The summed E-state index contributed by atoms with van der Waals surface area (Å²) in [6.45, 7) is 5.48. The number of nitrogens with two attached hydrogens (primary N) is 1. The number of amides is 2. The van der Waals surface area contributed by atoms with Gasteiger partial charge in [-0.1, -0.05) is 0 Å². The Morgan fingerprint density at radius 2 is 1.96 bits per heavy atom. The average Bonchev–Trinajstić information content (AvgIpc) is 3.79. The fourth-order valence-corrected chi connectivity index (χ4v) is 5.59. The summed E-state index contributed by atoms with van der Waals surface area (Å²) in [6.07, 6.45) is 3.51. The second kappa shape index (κ2) is 12.5. The Morgan fingerprint density at radius 1 is 1.24 bits per heavy atom. The van der Waals surface area contributed by atoms with Gasteiger partial charge in [-0.3, -0.25) is 14.6 Å². The highest BCUT2D eigenvalue weighted by molar-refractivity contribution is 5.99. The van der Waals surface area contributed by atoms with Crippen molar-refractivity contribution >= 4 is 23.7 Å². The molecular formula is C34H40FN5O5. The second-order valence-electron chi connectivity index (χ2n) is 12.6. The van der Waals surface area contributed by atoms with Crippen LogP contribution in [0.2, 0.25) is 0 Å². The molecule has 11 heteroatoms. The Hall–Kier alpha value is -4.51. The van der Waals surface area contributed by atoms with Crippen LogP contribution in [-0.2, 0) is 10.2 Å². The fraction of sp³-hybridized carbons (Fsp3) is 0.412. The maximum Gasteiger partial charge on any atom is 0.251 e. The number of carbonyl (C=O) groups excluding carboxylic acids is 2. The van der Waals surface area contributed by atoms with E-state index in [0.29, 0.717) is 57.4 Å². The Morgan fingerprint density at radius 3 is 2.58 bits per heavy atom. The number of halogens is 1. The molecule has 1 saturated carbocycles. The van der Waals surface area contributed by atoms with Gasteiger partial charge in [0.2, 0.25) is 5.91 Å². The van der Waals surface area contributed by atoms with Gasteiger partial charge in [0.05, 0.1) is 18.4 Å². The van der Waals surface area contributed by atoms with Gasteiger partial charge < -0.3 is 30.9 Å². The maximum atomic E-state index is 13.9. The van der Waals surface area contributed by atoms with Crippen molar-refractivity contribution in [1.82, 2.24) is 15.6 Å². The number of nitrogens with zero attached hydrogens (tertiary/aromatic N) is 2. The SMILES string of the molecule is CN=Cc1cc(C(=O)NC[C@H](c2cc3c(c(-c4ccc(F)cc4)n2)OC[C@]3(C)C(=O)NCC(C)(C)O)C2CC2)cc(OC)c1N. The molecule has 0 radical (unpaired) electrons. The number of fused-ring (bicyclic) bond motifs is 1. The van der Waals surface area contributed by atoms with E-state index in [0.717, 1.165) is 12.8 Å². The smallest absolute Gasteiger partial charge is 0.251 e. The summed E-state index contributed by atoms with van der Waals surface area (Å²) in [7, 11) is 3.11. The molecule has 3 aromatic rings. The molecule has 5 rings (SSSR count). The molecule has 1 aliphatic carbocycles. The van der Waals surface area contributed by atoms with Crippen molar-refractivity contribution in [3.8, 4) is 22.8 Å². The molecule has 2 heterocycles. The molecule has 238 valence electrons. The summed E-state index contributed by atoms with van der Waals surface area (Å²) in [5, 5.41) is 16.1. The molecule has 2 aliphatic rings. The topological polar surface area (TPSA) is 148 Å². The molecule has 1 aromatic heterocycles. The number of aliphatic imine (C=N–C) groups is 1. The predicted molar refractivity (Wildman–Crippen MR) is 171 cm³/mol. The highest BCUT2D eigenvalue weighted by Crippen LogP contribution is 2.48. The minimum Gasteiger partial charge on any atom is -0.495 e. The van der Waals surface area contributed by atoms with Gasteiger partial charge >= 0.3 is 0 Å². The maximum absolute atomic E-state index is 13.9. The first kappa shape index (κ1) is 31.9. The van der Waals surface area contributed by atoms with Gasteiger partial charge in [-0.15, -0.1) is 0 Å². The van der Waals surface area contributed by atoms with Gasteiger partial charge in [0, 0.05) is 60.2 Å². The van der Waals surface area contributed by atoms with Crippen LogP contribution in [0, 0.1) is 11.7 Å². The zero-order valence-electron chi connectivity index (χ0n) is 26.2. The average molecular weight is 618 g/mol. The predicted octanol–water partition coefficient (Wildman–Crippen LogP) is 3.99. The number of aromatic nitrogens is 1. The van der Waals surface area contributed by atoms with E-state index in [9.17, 15) is 19.1 Å². The largest absolute Gasteiger partial charge is 0.495 e. The van der Waals surface area contributed by atoms with Crippen molar-refractivity contribution in [3.63, 3.8) is 0 Å². The lowest BCUT2D eigenvalue weighted by Gasteiger charge is -2.26. The number of carbonyl (C=O) groups is 2. The first-order chi connectivity index (χ1) is 21.3. The number of aliphatic hydroxyl groups is 1.